The van der Waals surface area contributed by atoms with Gasteiger partial charge in [-0.3, -0.25) is 0 Å². The summed E-state index contributed by atoms with van der Waals surface area (Å²) in [5.74, 6) is 7.52. The van der Waals surface area contributed by atoms with Crippen LogP contribution < -0.4 is 5.32 Å². The van der Waals surface area contributed by atoms with Crippen molar-refractivity contribution in [3.63, 3.8) is 0 Å². The maximum Gasteiger partial charge on any atom is 0.0103 e. The first-order chi connectivity index (χ1) is 6.13. The molecule has 1 heteroatoms. The lowest BCUT2D eigenvalue weighted by molar-refractivity contribution is 0.300. The van der Waals surface area contributed by atoms with Crippen molar-refractivity contribution in [1.82, 2.24) is 5.32 Å². The first kappa shape index (κ1) is 12.5. The molecule has 0 aliphatic heterocycles. The van der Waals surface area contributed by atoms with E-state index < -0.39 is 0 Å². The summed E-state index contributed by atoms with van der Waals surface area (Å²) in [5.41, 5.74) is 0. The minimum absolute atomic E-state index is 0.612. The van der Waals surface area contributed by atoms with Crippen LogP contribution in [0.25, 0.3) is 0 Å². The SMILES string of the molecule is CC#CCCC(NC)C(C)C(C)C. The van der Waals surface area contributed by atoms with Gasteiger partial charge in [0.1, 0.15) is 0 Å². The minimum Gasteiger partial charge on any atom is -0.317 e. The third-order valence-electron chi connectivity index (χ3n) is 2.81. The second kappa shape index (κ2) is 6.97. The predicted octanol–water partition coefficient (Wildman–Crippen LogP) is 2.67. The molecule has 0 aliphatic rings. The van der Waals surface area contributed by atoms with Gasteiger partial charge in [-0.15, -0.1) is 11.8 Å². The van der Waals surface area contributed by atoms with Crippen LogP contribution in [0, 0.1) is 23.7 Å². The average molecular weight is 181 g/mol. The Morgan fingerprint density at radius 1 is 1.23 bits per heavy atom. The number of nitrogens with one attached hydrogen (secondary N) is 1. The largest absolute Gasteiger partial charge is 0.317 e. The summed E-state index contributed by atoms with van der Waals surface area (Å²) in [6.07, 6.45) is 2.18. The Bertz CT molecular complexity index is 173. The van der Waals surface area contributed by atoms with E-state index in [0.29, 0.717) is 6.04 Å². The Morgan fingerprint density at radius 2 is 1.85 bits per heavy atom. The molecular weight excluding hydrogens is 158 g/mol. The van der Waals surface area contributed by atoms with Gasteiger partial charge < -0.3 is 5.32 Å². The van der Waals surface area contributed by atoms with Crippen molar-refractivity contribution in [1.29, 1.82) is 0 Å². The summed E-state index contributed by atoms with van der Waals surface area (Å²) in [6.45, 7) is 8.77. The molecule has 1 nitrogen and oxygen atoms in total. The Kier molecular flexibility index (Phi) is 6.72. The van der Waals surface area contributed by atoms with Gasteiger partial charge in [0.25, 0.3) is 0 Å². The molecule has 0 bridgehead atoms. The van der Waals surface area contributed by atoms with Crippen molar-refractivity contribution in [2.24, 2.45) is 11.8 Å². The molecule has 2 unspecified atom stereocenters. The van der Waals surface area contributed by atoms with E-state index in [-0.39, 0.29) is 0 Å². The molecule has 0 amide bonds. The van der Waals surface area contributed by atoms with Crippen LogP contribution in [-0.2, 0) is 0 Å². The van der Waals surface area contributed by atoms with Crippen molar-refractivity contribution < 1.29 is 0 Å². The minimum atomic E-state index is 0.612. The molecular formula is C12H23N. The number of rotatable bonds is 5. The van der Waals surface area contributed by atoms with E-state index in [9.17, 15) is 0 Å². The molecule has 0 heterocycles. The summed E-state index contributed by atoms with van der Waals surface area (Å²) >= 11 is 0. The molecule has 0 saturated heterocycles. The van der Waals surface area contributed by atoms with Gasteiger partial charge in [-0.05, 0) is 32.2 Å². The molecule has 1 N–H and O–H groups in total. The summed E-state index contributed by atoms with van der Waals surface area (Å²) in [6, 6.07) is 0.612. The summed E-state index contributed by atoms with van der Waals surface area (Å²) < 4.78 is 0. The summed E-state index contributed by atoms with van der Waals surface area (Å²) in [4.78, 5) is 0. The second-order valence-electron chi connectivity index (χ2n) is 3.96. The van der Waals surface area contributed by atoms with E-state index in [4.69, 9.17) is 0 Å². The quantitative estimate of drug-likeness (QED) is 0.643. The molecule has 0 rings (SSSR count). The standard InChI is InChI=1S/C12H23N/c1-6-7-8-9-12(13-5)11(4)10(2)3/h10-13H,8-9H2,1-5H3. The second-order valence-corrected chi connectivity index (χ2v) is 3.96. The number of hydrogen-bond acceptors (Lipinski definition) is 1. The maximum atomic E-state index is 3.37. The van der Waals surface area contributed by atoms with Crippen molar-refractivity contribution in [2.75, 3.05) is 7.05 Å². The van der Waals surface area contributed by atoms with Gasteiger partial charge >= 0.3 is 0 Å². The molecule has 76 valence electrons. The molecule has 0 spiro atoms. The highest BCUT2D eigenvalue weighted by Gasteiger charge is 2.17. The first-order valence-electron chi connectivity index (χ1n) is 5.20. The Hall–Kier alpha value is -0.480. The zero-order chi connectivity index (χ0) is 10.3. The highest BCUT2D eigenvalue weighted by Crippen LogP contribution is 2.17. The predicted molar refractivity (Wildman–Crippen MR) is 59.5 cm³/mol. The van der Waals surface area contributed by atoms with Crippen LogP contribution in [0.1, 0.15) is 40.5 Å². The first-order valence-corrected chi connectivity index (χ1v) is 5.20. The molecule has 0 aromatic carbocycles. The van der Waals surface area contributed by atoms with Gasteiger partial charge in [0, 0.05) is 12.5 Å². The molecule has 0 radical (unpaired) electrons. The maximum absolute atomic E-state index is 3.37. The van der Waals surface area contributed by atoms with Gasteiger partial charge in [-0.1, -0.05) is 20.8 Å². The van der Waals surface area contributed by atoms with Gasteiger partial charge in [-0.25, -0.2) is 0 Å². The Labute approximate surface area is 83.3 Å². The highest BCUT2D eigenvalue weighted by atomic mass is 14.9. The highest BCUT2D eigenvalue weighted by molar-refractivity contribution is 4.95. The van der Waals surface area contributed by atoms with Crippen molar-refractivity contribution >= 4 is 0 Å². The van der Waals surface area contributed by atoms with Gasteiger partial charge in [0.05, 0.1) is 0 Å². The van der Waals surface area contributed by atoms with E-state index in [1.54, 1.807) is 0 Å². The van der Waals surface area contributed by atoms with E-state index in [0.717, 1.165) is 24.7 Å². The van der Waals surface area contributed by atoms with Crippen LogP contribution in [0.15, 0.2) is 0 Å². The Balaban J connectivity index is 3.92. The molecule has 0 aromatic rings. The van der Waals surface area contributed by atoms with Crippen LogP contribution in [0.2, 0.25) is 0 Å². The fourth-order valence-electron chi connectivity index (χ4n) is 1.49. The van der Waals surface area contributed by atoms with Crippen molar-refractivity contribution in [3.05, 3.63) is 0 Å². The lowest BCUT2D eigenvalue weighted by Crippen LogP contribution is -2.34. The molecule has 0 saturated carbocycles. The smallest absolute Gasteiger partial charge is 0.0103 e. The van der Waals surface area contributed by atoms with E-state index in [1.165, 1.54) is 0 Å². The molecule has 13 heavy (non-hydrogen) atoms. The lowest BCUT2D eigenvalue weighted by Gasteiger charge is -2.25. The molecule has 0 aromatic heterocycles. The van der Waals surface area contributed by atoms with Crippen molar-refractivity contribution in [2.45, 2.75) is 46.6 Å². The van der Waals surface area contributed by atoms with Gasteiger partial charge in [0.2, 0.25) is 0 Å². The normalized spacial score (nSPS) is 14.9. The Morgan fingerprint density at radius 3 is 2.23 bits per heavy atom. The third-order valence-corrected chi connectivity index (χ3v) is 2.81. The van der Waals surface area contributed by atoms with Crippen LogP contribution in [0.4, 0.5) is 0 Å². The monoisotopic (exact) mass is 181 g/mol. The van der Waals surface area contributed by atoms with E-state index in [1.807, 2.05) is 14.0 Å². The van der Waals surface area contributed by atoms with Crippen LogP contribution >= 0.6 is 0 Å². The van der Waals surface area contributed by atoms with E-state index >= 15 is 0 Å². The third kappa shape index (κ3) is 4.95. The topological polar surface area (TPSA) is 12.0 Å². The average Bonchev–Trinajstić information content (AvgIpc) is 2.11. The fourth-order valence-corrected chi connectivity index (χ4v) is 1.49. The molecule has 0 fully saturated rings. The lowest BCUT2D eigenvalue weighted by atomic mass is 9.88. The van der Waals surface area contributed by atoms with Crippen LogP contribution in [0.5, 0.6) is 0 Å². The summed E-state index contributed by atoms with van der Waals surface area (Å²) in [7, 11) is 2.04. The zero-order valence-corrected chi connectivity index (χ0v) is 9.65. The van der Waals surface area contributed by atoms with Crippen LogP contribution in [0.3, 0.4) is 0 Å². The molecule has 2 atom stereocenters. The van der Waals surface area contributed by atoms with Crippen LogP contribution in [-0.4, -0.2) is 13.1 Å². The van der Waals surface area contributed by atoms with Gasteiger partial charge in [-0.2, -0.15) is 0 Å². The summed E-state index contributed by atoms with van der Waals surface area (Å²) in [5, 5.41) is 3.37. The zero-order valence-electron chi connectivity index (χ0n) is 9.65. The van der Waals surface area contributed by atoms with E-state index in [2.05, 4.69) is 37.9 Å². The fraction of sp³-hybridized carbons (Fsp3) is 0.833. The molecule has 0 aliphatic carbocycles. The van der Waals surface area contributed by atoms with Gasteiger partial charge in [0.15, 0.2) is 0 Å². The van der Waals surface area contributed by atoms with Crippen molar-refractivity contribution in [3.8, 4) is 11.8 Å². The number of hydrogen-bond donors (Lipinski definition) is 1.